The number of nitrogens with zero attached hydrogens (tertiary/aromatic N) is 6. The Hall–Kier alpha value is -4.82. The summed E-state index contributed by atoms with van der Waals surface area (Å²) in [5, 5.41) is 25.1. The predicted octanol–water partition coefficient (Wildman–Crippen LogP) is 10.1. The van der Waals surface area contributed by atoms with Gasteiger partial charge in [0.25, 0.3) is 16.8 Å². The topological polar surface area (TPSA) is 235 Å². The van der Waals surface area contributed by atoms with E-state index in [0.29, 0.717) is 24.6 Å². The number of amides is 2. The number of nitro groups is 1. The van der Waals surface area contributed by atoms with E-state index in [2.05, 4.69) is 32.5 Å². The van der Waals surface area contributed by atoms with Crippen molar-refractivity contribution in [2.24, 2.45) is 5.41 Å². The number of esters is 1. The van der Waals surface area contributed by atoms with Gasteiger partial charge in [0.05, 0.1) is 40.2 Å². The van der Waals surface area contributed by atoms with E-state index in [9.17, 15) is 37.7 Å². The van der Waals surface area contributed by atoms with Gasteiger partial charge in [-0.2, -0.15) is 0 Å². The number of sulfonamides is 1. The van der Waals surface area contributed by atoms with E-state index in [1.165, 1.54) is 93.0 Å². The van der Waals surface area contributed by atoms with E-state index in [4.69, 9.17) is 21.1 Å². The molecule has 0 aliphatic rings. The molecule has 1 aromatic heterocycles. The Morgan fingerprint density at radius 1 is 0.894 bits per heavy atom. The number of benzene rings is 2. The van der Waals surface area contributed by atoms with Gasteiger partial charge in [-0.1, -0.05) is 130 Å². The minimum absolute atomic E-state index is 0.00154. The van der Waals surface area contributed by atoms with Gasteiger partial charge < -0.3 is 19.7 Å². The summed E-state index contributed by atoms with van der Waals surface area (Å²) >= 11 is 7.09. The first-order chi connectivity index (χ1) is 31.4. The number of tetrazole rings is 1. The van der Waals surface area contributed by atoms with Gasteiger partial charge in [-0.05, 0) is 54.5 Å². The molecule has 366 valence electrons. The molecule has 0 radical (unpaired) electrons. The number of carbonyl (C=O) groups excluding carboxylic acids is 4. The number of ketones is 1. The molecule has 2 N–H and O–H groups in total. The van der Waals surface area contributed by atoms with Crippen molar-refractivity contribution in [1.82, 2.24) is 25.1 Å². The maximum atomic E-state index is 14.0. The van der Waals surface area contributed by atoms with Crippen LogP contribution in [0, 0.1) is 15.5 Å². The van der Waals surface area contributed by atoms with Crippen molar-refractivity contribution in [3.8, 4) is 5.75 Å². The molecule has 1 heterocycles. The van der Waals surface area contributed by atoms with Crippen LogP contribution in [-0.2, 0) is 42.2 Å². The van der Waals surface area contributed by atoms with Gasteiger partial charge in [0, 0.05) is 41.4 Å². The summed E-state index contributed by atoms with van der Waals surface area (Å²) < 4.78 is 41.0. The molecule has 21 heteroatoms. The molecule has 2 amide bonds. The number of Topliss-reactive ketones (excluding diaryl/α,β-unsaturated/α-hetero) is 1. The number of unbranched alkanes of at least 4 members (excludes halogenated alkanes) is 13. The lowest BCUT2D eigenvalue weighted by atomic mass is 9.87. The number of aromatic nitrogens is 4. The molecular weight excluding hydrogens is 912 g/mol. The Kier molecular flexibility index (Phi) is 23.9. The molecule has 0 bridgehead atoms. The molecule has 0 saturated carbocycles. The van der Waals surface area contributed by atoms with Crippen LogP contribution in [0.15, 0.2) is 41.6 Å². The summed E-state index contributed by atoms with van der Waals surface area (Å²) in [6, 6.07) is 7.75. The molecule has 3 rings (SSSR count). The summed E-state index contributed by atoms with van der Waals surface area (Å²) in [6.45, 7) is 10.2. The Morgan fingerprint density at radius 2 is 1.52 bits per heavy atom. The van der Waals surface area contributed by atoms with Gasteiger partial charge in [0.15, 0.2) is 5.78 Å². The standard InChI is InChI=1S/C45H67ClN8O10S2/c1-7-10-11-12-13-14-15-16-17-18-19-20-21-22-28-66(61,62)49-34-23-25-36(46)37(30-34)47-42(57)40(41(56)45(4,5)6)64-38-26-24-35(54(59)60)29-33(38)31-52(9-3)44(58)65-43-48-50-51-53(43)32-39(55)63-27-8-2/h23-26,29-30,40,49H,7-22,27-28,31-32H2,1-6H3,(H,47,57). The highest BCUT2D eigenvalue weighted by Gasteiger charge is 2.38. The number of thioether (sulfide) groups is 1. The molecule has 18 nitrogen and oxygen atoms in total. The summed E-state index contributed by atoms with van der Waals surface area (Å²) in [5.41, 5.74) is -1.24. The quantitative estimate of drug-likeness (QED) is 0.0152. The monoisotopic (exact) mass is 978 g/mol. The molecule has 2 aromatic carbocycles. The fraction of sp³-hybridized carbons (Fsp3) is 0.622. The Bertz CT molecular complexity index is 2170. The van der Waals surface area contributed by atoms with E-state index >= 15 is 0 Å². The number of hydrogen-bond acceptors (Lipinski definition) is 14. The third-order valence-corrected chi connectivity index (χ3v) is 13.0. The lowest BCUT2D eigenvalue weighted by Gasteiger charge is -2.27. The number of nitrogens with one attached hydrogen (secondary N) is 2. The second-order valence-corrected chi connectivity index (χ2v) is 20.3. The first kappa shape index (κ1) is 55.5. The number of halogens is 1. The normalized spacial score (nSPS) is 12.0. The van der Waals surface area contributed by atoms with Gasteiger partial charge in [-0.15, -0.1) is 5.10 Å². The van der Waals surface area contributed by atoms with Gasteiger partial charge in [-0.3, -0.25) is 34.0 Å². The predicted molar refractivity (Wildman–Crippen MR) is 256 cm³/mol. The molecule has 66 heavy (non-hydrogen) atoms. The zero-order valence-corrected chi connectivity index (χ0v) is 41.5. The van der Waals surface area contributed by atoms with E-state index in [0.717, 1.165) is 36.4 Å². The largest absolute Gasteiger partial charge is 0.472 e. The van der Waals surface area contributed by atoms with Crippen molar-refractivity contribution in [2.45, 2.75) is 162 Å². The zero-order chi connectivity index (χ0) is 48.7. The molecule has 0 spiro atoms. The van der Waals surface area contributed by atoms with Crippen molar-refractivity contribution in [2.75, 3.05) is 28.9 Å². The molecule has 3 aromatic rings. The number of carbonyl (C=O) groups is 4. The molecule has 0 fully saturated rings. The van der Waals surface area contributed by atoms with Gasteiger partial charge in [-0.25, -0.2) is 13.1 Å². The van der Waals surface area contributed by atoms with Crippen molar-refractivity contribution in [3.63, 3.8) is 0 Å². The SMILES string of the molecule is CCCCCCCCCCCCCCCCS(=O)(=O)Nc1ccc(Cl)c(NC(=O)C(Oc2ccc([N+](=O)[O-])cc2CN(CC)C(=O)Sc2nnnn2CC(=O)OCCC)C(=O)C(C)(C)C)c1. The molecule has 0 aliphatic heterocycles. The summed E-state index contributed by atoms with van der Waals surface area (Å²) in [6.07, 6.45) is 14.8. The first-order valence-corrected chi connectivity index (χ1v) is 25.7. The number of rotatable bonds is 31. The van der Waals surface area contributed by atoms with Crippen LogP contribution in [0.4, 0.5) is 21.9 Å². The molecule has 0 saturated heterocycles. The summed E-state index contributed by atoms with van der Waals surface area (Å²) in [4.78, 5) is 66.3. The maximum absolute atomic E-state index is 14.0. The lowest BCUT2D eigenvalue weighted by molar-refractivity contribution is -0.385. The Balaban J connectivity index is 1.70. The first-order valence-electron chi connectivity index (χ1n) is 22.9. The molecule has 1 atom stereocenters. The number of non-ortho nitro benzene ring substituents is 1. The smallest absolute Gasteiger partial charge is 0.327 e. The van der Waals surface area contributed by atoms with Crippen molar-refractivity contribution < 1.29 is 42.0 Å². The molecular formula is C45H67ClN8O10S2. The highest BCUT2D eigenvalue weighted by molar-refractivity contribution is 8.13. The third-order valence-electron chi connectivity index (χ3n) is 10.4. The fourth-order valence-electron chi connectivity index (χ4n) is 6.67. The van der Waals surface area contributed by atoms with E-state index < -0.39 is 49.4 Å². The minimum Gasteiger partial charge on any atom is -0.472 e. The van der Waals surface area contributed by atoms with Crippen LogP contribution in [0.25, 0.3) is 0 Å². The Labute approximate surface area is 398 Å². The average molecular weight is 980 g/mol. The average Bonchev–Trinajstić information content (AvgIpc) is 3.69. The van der Waals surface area contributed by atoms with Crippen LogP contribution in [0.1, 0.15) is 143 Å². The second-order valence-electron chi connectivity index (χ2n) is 17.1. The molecule has 0 aliphatic carbocycles. The van der Waals surface area contributed by atoms with Crippen molar-refractivity contribution in [1.29, 1.82) is 0 Å². The van der Waals surface area contributed by atoms with Crippen LogP contribution in [0.2, 0.25) is 5.02 Å². The Morgan fingerprint density at radius 3 is 2.09 bits per heavy atom. The highest BCUT2D eigenvalue weighted by Crippen LogP contribution is 2.32. The third kappa shape index (κ3) is 19.6. The number of nitro benzene ring substituents is 1. The van der Waals surface area contributed by atoms with Crippen LogP contribution in [-0.4, -0.2) is 86.4 Å². The maximum Gasteiger partial charge on any atom is 0.327 e. The van der Waals surface area contributed by atoms with Crippen LogP contribution in [0.3, 0.4) is 0 Å². The van der Waals surface area contributed by atoms with Crippen LogP contribution >= 0.6 is 23.4 Å². The van der Waals surface area contributed by atoms with Gasteiger partial charge >= 0.3 is 5.97 Å². The second kappa shape index (κ2) is 28.4. The summed E-state index contributed by atoms with van der Waals surface area (Å²) in [7, 11) is -3.75. The van der Waals surface area contributed by atoms with Crippen molar-refractivity contribution in [3.05, 3.63) is 57.1 Å². The highest BCUT2D eigenvalue weighted by atomic mass is 35.5. The van der Waals surface area contributed by atoms with Crippen molar-refractivity contribution >= 4 is 73.3 Å². The van der Waals surface area contributed by atoms with Gasteiger partial charge in [0.1, 0.15) is 12.3 Å². The summed E-state index contributed by atoms with van der Waals surface area (Å²) in [5.74, 6) is -2.40. The van der Waals surface area contributed by atoms with E-state index in [1.54, 1.807) is 27.7 Å². The lowest BCUT2D eigenvalue weighted by Crippen LogP contribution is -2.45. The number of anilines is 2. The fourth-order valence-corrected chi connectivity index (χ4v) is 8.77. The van der Waals surface area contributed by atoms with E-state index in [-0.39, 0.29) is 70.5 Å². The minimum atomic E-state index is -3.75. The van der Waals surface area contributed by atoms with Gasteiger partial charge in [0.2, 0.25) is 21.3 Å². The zero-order valence-electron chi connectivity index (χ0n) is 39.1. The number of hydrogen-bond donors (Lipinski definition) is 2. The number of ether oxygens (including phenoxy) is 2. The molecule has 1 unspecified atom stereocenters. The van der Waals surface area contributed by atoms with Crippen LogP contribution < -0.4 is 14.8 Å². The van der Waals surface area contributed by atoms with E-state index in [1.807, 2.05) is 6.92 Å². The van der Waals surface area contributed by atoms with Crippen LogP contribution in [0.5, 0.6) is 5.75 Å².